The molecule has 0 aromatic rings. The first-order valence-electron chi connectivity index (χ1n) is 11.5. The standard InChI is InChI=1S/C21H36O8S2/c1-13(28-30(22,23)24)17-6-7-18-16-5-4-14-12-15(29-31(25,26)27)8-10-20(14,2)19(16)9-11-21(17,18)3/h13-19H,4-12H2,1-3H3,(H,22,23,24)(H,25,26,27)/t13-,14+,15+,16-,17-,18+,19-,20-,21+/m0/s1. The Morgan fingerprint density at radius 1 is 0.839 bits per heavy atom. The summed E-state index contributed by atoms with van der Waals surface area (Å²) in [5.74, 6) is 2.13. The molecule has 10 heteroatoms. The van der Waals surface area contributed by atoms with Crippen molar-refractivity contribution in [2.75, 3.05) is 0 Å². The summed E-state index contributed by atoms with van der Waals surface area (Å²) in [5, 5.41) is 0. The van der Waals surface area contributed by atoms with Crippen LogP contribution in [0.4, 0.5) is 0 Å². The second kappa shape index (κ2) is 7.91. The third-order valence-electron chi connectivity index (χ3n) is 9.79. The molecule has 0 spiro atoms. The predicted molar refractivity (Wildman–Crippen MR) is 114 cm³/mol. The lowest BCUT2D eigenvalue weighted by Gasteiger charge is -2.61. The third kappa shape index (κ3) is 4.45. The molecule has 0 aromatic heterocycles. The van der Waals surface area contributed by atoms with Gasteiger partial charge in [-0.1, -0.05) is 13.8 Å². The molecule has 0 unspecified atom stereocenters. The average Bonchev–Trinajstić information content (AvgIpc) is 2.97. The summed E-state index contributed by atoms with van der Waals surface area (Å²) in [7, 11) is -8.89. The molecule has 9 atom stereocenters. The van der Waals surface area contributed by atoms with Crippen LogP contribution in [-0.4, -0.2) is 38.1 Å². The quantitative estimate of drug-likeness (QED) is 0.564. The molecule has 8 nitrogen and oxygen atoms in total. The van der Waals surface area contributed by atoms with Crippen molar-refractivity contribution >= 4 is 20.8 Å². The molecule has 0 heterocycles. The molecule has 4 rings (SSSR count). The van der Waals surface area contributed by atoms with Gasteiger partial charge in [-0.05, 0) is 105 Å². The highest BCUT2D eigenvalue weighted by atomic mass is 32.3. The minimum Gasteiger partial charge on any atom is -0.264 e. The van der Waals surface area contributed by atoms with E-state index >= 15 is 0 Å². The van der Waals surface area contributed by atoms with Gasteiger partial charge in [0.1, 0.15) is 0 Å². The smallest absolute Gasteiger partial charge is 0.264 e. The maximum atomic E-state index is 11.3. The van der Waals surface area contributed by atoms with Gasteiger partial charge in [-0.2, -0.15) is 16.8 Å². The van der Waals surface area contributed by atoms with Gasteiger partial charge >= 0.3 is 20.8 Å². The first-order chi connectivity index (χ1) is 14.2. The summed E-state index contributed by atoms with van der Waals surface area (Å²) < 4.78 is 73.0. The van der Waals surface area contributed by atoms with E-state index in [4.69, 9.17) is 17.5 Å². The Morgan fingerprint density at radius 2 is 1.48 bits per heavy atom. The highest BCUT2D eigenvalue weighted by molar-refractivity contribution is 7.81. The van der Waals surface area contributed by atoms with Crippen LogP contribution in [0.15, 0.2) is 0 Å². The molecule has 31 heavy (non-hydrogen) atoms. The number of hydrogen-bond donors (Lipinski definition) is 2. The fourth-order valence-corrected chi connectivity index (χ4v) is 9.59. The van der Waals surface area contributed by atoms with E-state index in [1.54, 1.807) is 6.92 Å². The first-order valence-corrected chi connectivity index (χ1v) is 14.3. The molecule has 0 bridgehead atoms. The van der Waals surface area contributed by atoms with Crippen LogP contribution in [0.5, 0.6) is 0 Å². The molecule has 4 fully saturated rings. The highest BCUT2D eigenvalue weighted by Crippen LogP contribution is 2.68. The Kier molecular flexibility index (Phi) is 6.09. The van der Waals surface area contributed by atoms with Crippen LogP contribution >= 0.6 is 0 Å². The molecule has 0 amide bonds. The maximum Gasteiger partial charge on any atom is 0.397 e. The topological polar surface area (TPSA) is 127 Å². The van der Waals surface area contributed by atoms with E-state index in [9.17, 15) is 16.8 Å². The lowest BCUT2D eigenvalue weighted by atomic mass is 9.44. The molecule has 0 aromatic carbocycles. The van der Waals surface area contributed by atoms with E-state index in [1.807, 2.05) is 0 Å². The Hall–Kier alpha value is -0.260. The van der Waals surface area contributed by atoms with Gasteiger partial charge in [-0.3, -0.25) is 9.11 Å². The van der Waals surface area contributed by atoms with Crippen molar-refractivity contribution in [1.82, 2.24) is 0 Å². The summed E-state index contributed by atoms with van der Waals surface area (Å²) in [6.07, 6.45) is 7.38. The predicted octanol–water partition coefficient (Wildman–Crippen LogP) is 4.04. The number of hydrogen-bond acceptors (Lipinski definition) is 6. The van der Waals surface area contributed by atoms with Crippen molar-refractivity contribution in [1.29, 1.82) is 0 Å². The second-order valence-electron chi connectivity index (χ2n) is 11.0. The molecule has 0 saturated heterocycles. The van der Waals surface area contributed by atoms with Gasteiger partial charge < -0.3 is 0 Å². The summed E-state index contributed by atoms with van der Waals surface area (Å²) in [6.45, 7) is 6.39. The van der Waals surface area contributed by atoms with Crippen LogP contribution in [0.2, 0.25) is 0 Å². The normalized spacial score (nSPS) is 46.6. The van der Waals surface area contributed by atoms with Crippen LogP contribution in [-0.2, 0) is 29.2 Å². The molecule has 0 radical (unpaired) electrons. The summed E-state index contributed by atoms with van der Waals surface area (Å²) in [4.78, 5) is 0. The minimum atomic E-state index is -4.47. The molecular formula is C21H36O8S2. The Balaban J connectivity index is 1.50. The summed E-state index contributed by atoms with van der Waals surface area (Å²) >= 11 is 0. The molecule has 4 aliphatic carbocycles. The Morgan fingerprint density at radius 3 is 2.13 bits per heavy atom. The van der Waals surface area contributed by atoms with E-state index in [2.05, 4.69) is 13.8 Å². The second-order valence-corrected chi connectivity index (χ2v) is 13.1. The van der Waals surface area contributed by atoms with Crippen LogP contribution < -0.4 is 0 Å². The van der Waals surface area contributed by atoms with E-state index in [0.717, 1.165) is 44.9 Å². The van der Waals surface area contributed by atoms with E-state index in [1.165, 1.54) is 0 Å². The summed E-state index contributed by atoms with van der Waals surface area (Å²) in [5.41, 5.74) is 0.137. The Labute approximate surface area is 186 Å². The van der Waals surface area contributed by atoms with Gasteiger partial charge in [0.15, 0.2) is 0 Å². The Bertz CT molecular complexity index is 902. The average molecular weight is 481 g/mol. The molecule has 4 saturated carbocycles. The molecule has 0 aliphatic heterocycles. The van der Waals surface area contributed by atoms with Gasteiger partial charge in [-0.25, -0.2) is 8.37 Å². The largest absolute Gasteiger partial charge is 0.397 e. The zero-order chi connectivity index (χ0) is 22.8. The van der Waals surface area contributed by atoms with Crippen LogP contribution in [0.25, 0.3) is 0 Å². The zero-order valence-corrected chi connectivity index (χ0v) is 20.2. The van der Waals surface area contributed by atoms with Gasteiger partial charge in [0, 0.05) is 0 Å². The van der Waals surface area contributed by atoms with Crippen molar-refractivity contribution in [2.24, 2.45) is 40.4 Å². The maximum absolute atomic E-state index is 11.3. The van der Waals surface area contributed by atoms with E-state index in [-0.39, 0.29) is 16.7 Å². The van der Waals surface area contributed by atoms with Crippen molar-refractivity contribution in [3.05, 3.63) is 0 Å². The fourth-order valence-electron chi connectivity index (χ4n) is 8.55. The van der Waals surface area contributed by atoms with Crippen molar-refractivity contribution in [3.8, 4) is 0 Å². The van der Waals surface area contributed by atoms with Gasteiger partial charge in [0.05, 0.1) is 12.2 Å². The SMILES string of the molecule is C[C@H](OS(=O)(=O)O)[C@@H]1CC[C@@H]2[C@@H]3CC[C@@H]4C[C@H](OS(=O)(=O)O)CC[C@]4(C)[C@H]3CC[C@@]21C. The molecule has 4 aliphatic rings. The lowest BCUT2D eigenvalue weighted by molar-refractivity contribution is -0.129. The van der Waals surface area contributed by atoms with E-state index in [0.29, 0.717) is 36.5 Å². The number of rotatable bonds is 5. The number of fused-ring (bicyclic) bond motifs is 5. The van der Waals surface area contributed by atoms with Gasteiger partial charge in [0.25, 0.3) is 0 Å². The monoisotopic (exact) mass is 480 g/mol. The molecule has 180 valence electrons. The highest BCUT2D eigenvalue weighted by Gasteiger charge is 2.61. The molecule has 2 N–H and O–H groups in total. The first kappa shape index (κ1) is 23.9. The van der Waals surface area contributed by atoms with Crippen LogP contribution in [0.1, 0.15) is 78.6 Å². The minimum absolute atomic E-state index is 0.000248. The fraction of sp³-hybridized carbons (Fsp3) is 1.00. The van der Waals surface area contributed by atoms with Crippen molar-refractivity contribution in [3.63, 3.8) is 0 Å². The third-order valence-corrected chi connectivity index (χ3v) is 10.9. The van der Waals surface area contributed by atoms with Gasteiger partial charge in [-0.15, -0.1) is 0 Å². The van der Waals surface area contributed by atoms with Crippen molar-refractivity contribution < 1.29 is 34.3 Å². The van der Waals surface area contributed by atoms with Crippen LogP contribution in [0, 0.1) is 40.4 Å². The van der Waals surface area contributed by atoms with Gasteiger partial charge in [0.2, 0.25) is 0 Å². The summed E-state index contributed by atoms with van der Waals surface area (Å²) in [6, 6.07) is 0. The molecular weight excluding hydrogens is 444 g/mol. The van der Waals surface area contributed by atoms with Crippen molar-refractivity contribution in [2.45, 2.75) is 90.8 Å². The lowest BCUT2D eigenvalue weighted by Crippen LogP contribution is -2.54. The zero-order valence-electron chi connectivity index (χ0n) is 18.6. The van der Waals surface area contributed by atoms with Crippen LogP contribution in [0.3, 0.4) is 0 Å². The van der Waals surface area contributed by atoms with E-state index < -0.39 is 33.0 Å².